The Kier molecular flexibility index (Phi) is 2.12. The molecular weight excluding hydrogens is 138 g/mol. The Labute approximate surface area is 54.7 Å². The monoisotopic (exact) mass is 143 g/mol. The van der Waals surface area contributed by atoms with Crippen LogP contribution in [-0.2, 0) is 10.0 Å². The van der Waals surface area contributed by atoms with Crippen LogP contribution in [0.2, 0.25) is 0 Å². The van der Waals surface area contributed by atoms with Crippen molar-refractivity contribution in [3.63, 3.8) is 0 Å². The topological polar surface area (TPSA) is 37.4 Å². The number of hydrogen-bond donors (Lipinski definition) is 0. The van der Waals surface area contributed by atoms with Gasteiger partial charge in [0.1, 0.15) is 0 Å². The summed E-state index contributed by atoms with van der Waals surface area (Å²) in [4.78, 5) is 0. The van der Waals surface area contributed by atoms with Gasteiger partial charge in [-0.05, 0) is 0 Å². The van der Waals surface area contributed by atoms with E-state index in [1.54, 1.807) is 12.1 Å². The predicted octanol–water partition coefficient (Wildman–Crippen LogP) is -0.571. The van der Waals surface area contributed by atoms with Crippen LogP contribution in [0.3, 0.4) is 0 Å². The van der Waals surface area contributed by atoms with Crippen molar-refractivity contribution in [2.24, 2.45) is 0 Å². The zero-order chi connectivity index (χ0) is 7.49. The highest BCUT2D eigenvalue weighted by Gasteiger charge is 2.07. The number of sulfonamides is 1. The van der Waals surface area contributed by atoms with Gasteiger partial charge < -0.3 is 0 Å². The van der Waals surface area contributed by atoms with Crippen LogP contribution in [0.4, 0.5) is 0 Å². The van der Waals surface area contributed by atoms with Gasteiger partial charge in [-0.2, -0.15) is 4.31 Å². The Morgan fingerprint density at radius 3 is 1.67 bits per heavy atom. The molecule has 0 aliphatic heterocycles. The Morgan fingerprint density at radius 1 is 1.33 bits per heavy atom. The summed E-state index contributed by atoms with van der Waals surface area (Å²) in [6, 6.07) is 3.60. The summed E-state index contributed by atoms with van der Waals surface area (Å²) in [5.74, 6) is 0. The molecule has 0 unspecified atom stereocenters. The molecule has 0 aliphatic carbocycles. The van der Waals surface area contributed by atoms with E-state index in [2.05, 4.69) is 0 Å². The molecular formula is C5H5NO2S. The van der Waals surface area contributed by atoms with E-state index in [1.807, 2.05) is 0 Å². The van der Waals surface area contributed by atoms with E-state index in [1.165, 1.54) is 0 Å². The Hall–Kier alpha value is -1.13. The quantitative estimate of drug-likeness (QED) is 0.364. The maximum Gasteiger partial charge on any atom is 0.250 e. The smallest absolute Gasteiger partial charge is 0.205 e. The molecule has 0 aromatic carbocycles. The van der Waals surface area contributed by atoms with Gasteiger partial charge in [0.05, 0.1) is 6.26 Å². The van der Waals surface area contributed by atoms with Crippen molar-refractivity contribution in [3.8, 4) is 24.9 Å². The molecule has 4 heteroatoms. The summed E-state index contributed by atoms with van der Waals surface area (Å²) < 4.78 is 21.3. The maximum atomic E-state index is 10.4. The van der Waals surface area contributed by atoms with Crippen molar-refractivity contribution in [1.29, 1.82) is 0 Å². The fourth-order valence-electron chi connectivity index (χ4n) is 0.229. The van der Waals surface area contributed by atoms with E-state index in [9.17, 15) is 8.42 Å². The van der Waals surface area contributed by atoms with Crippen LogP contribution in [-0.4, -0.2) is 19.0 Å². The third kappa shape index (κ3) is 2.07. The molecule has 3 nitrogen and oxygen atoms in total. The lowest BCUT2D eigenvalue weighted by molar-refractivity contribution is 0.570. The summed E-state index contributed by atoms with van der Waals surface area (Å²) >= 11 is 0. The molecule has 9 heavy (non-hydrogen) atoms. The Morgan fingerprint density at radius 2 is 1.67 bits per heavy atom. The normalized spacial score (nSPS) is 9.22. The van der Waals surface area contributed by atoms with Gasteiger partial charge in [0.15, 0.2) is 0 Å². The molecule has 0 N–H and O–H groups in total. The van der Waals surface area contributed by atoms with E-state index < -0.39 is 10.0 Å². The summed E-state index contributed by atoms with van der Waals surface area (Å²) in [5.41, 5.74) is 0. The van der Waals surface area contributed by atoms with Crippen LogP contribution in [0.15, 0.2) is 0 Å². The second kappa shape index (κ2) is 2.43. The fraction of sp³-hybridized carbons (Fsp3) is 0.200. The van der Waals surface area contributed by atoms with E-state index >= 15 is 0 Å². The highest BCUT2D eigenvalue weighted by molar-refractivity contribution is 7.88. The summed E-state index contributed by atoms with van der Waals surface area (Å²) in [6.45, 7) is 0. The molecule has 0 heterocycles. The minimum Gasteiger partial charge on any atom is -0.205 e. The van der Waals surface area contributed by atoms with Crippen LogP contribution in [0.1, 0.15) is 0 Å². The number of nitrogens with zero attached hydrogens (tertiary/aromatic N) is 1. The minimum atomic E-state index is -3.40. The third-order valence-electron chi connectivity index (χ3n) is 0.566. The van der Waals surface area contributed by atoms with E-state index in [0.29, 0.717) is 4.31 Å². The number of hydrogen-bond acceptors (Lipinski definition) is 2. The number of rotatable bonds is 1. The summed E-state index contributed by atoms with van der Waals surface area (Å²) in [6.07, 6.45) is 10.4. The van der Waals surface area contributed by atoms with Gasteiger partial charge in [-0.25, -0.2) is 8.42 Å². The molecule has 0 saturated heterocycles. The lowest BCUT2D eigenvalue weighted by Gasteiger charge is -2.02. The molecule has 0 radical (unpaired) electrons. The van der Waals surface area contributed by atoms with E-state index in [-0.39, 0.29) is 0 Å². The standard InChI is InChI=1S/C5H5NO2S/c1-4-6(5-2)9(3,7)8/h1-2H,3H3. The number of terminal acetylenes is 2. The fourth-order valence-corrected chi connectivity index (χ4v) is 0.612. The van der Waals surface area contributed by atoms with Gasteiger partial charge in [-0.15, -0.1) is 0 Å². The molecule has 0 bridgehead atoms. The minimum absolute atomic E-state index is 0.465. The molecule has 0 aromatic heterocycles. The first-order valence-electron chi connectivity index (χ1n) is 1.95. The molecule has 0 fully saturated rings. The Balaban J connectivity index is 4.65. The average molecular weight is 143 g/mol. The van der Waals surface area contributed by atoms with Gasteiger partial charge in [-0.1, -0.05) is 12.8 Å². The first kappa shape index (κ1) is 7.87. The SMILES string of the molecule is C#CN(C#C)S(C)(=O)=O. The summed E-state index contributed by atoms with van der Waals surface area (Å²) in [7, 11) is -3.40. The molecule has 0 spiro atoms. The molecule has 0 amide bonds. The van der Waals surface area contributed by atoms with Crippen molar-refractivity contribution in [1.82, 2.24) is 4.31 Å². The van der Waals surface area contributed by atoms with E-state index in [4.69, 9.17) is 12.8 Å². The molecule has 0 aliphatic rings. The van der Waals surface area contributed by atoms with Gasteiger partial charge in [0, 0.05) is 12.1 Å². The highest BCUT2D eigenvalue weighted by Crippen LogP contribution is 1.89. The second-order valence-corrected chi connectivity index (χ2v) is 3.12. The highest BCUT2D eigenvalue weighted by atomic mass is 32.2. The summed E-state index contributed by atoms with van der Waals surface area (Å²) in [5, 5.41) is 0. The maximum absolute atomic E-state index is 10.4. The van der Waals surface area contributed by atoms with Crippen molar-refractivity contribution >= 4 is 10.0 Å². The Bertz CT molecular complexity index is 250. The zero-order valence-electron chi connectivity index (χ0n) is 4.83. The lowest BCUT2D eigenvalue weighted by Crippen LogP contribution is -2.18. The van der Waals surface area contributed by atoms with Crippen LogP contribution in [0.5, 0.6) is 0 Å². The first-order valence-corrected chi connectivity index (χ1v) is 3.80. The first-order chi connectivity index (χ1) is 4.02. The van der Waals surface area contributed by atoms with Crippen molar-refractivity contribution in [2.45, 2.75) is 0 Å². The zero-order valence-corrected chi connectivity index (χ0v) is 5.64. The lowest BCUT2D eigenvalue weighted by atomic mass is 11.0. The van der Waals surface area contributed by atoms with Gasteiger partial charge in [-0.3, -0.25) is 0 Å². The van der Waals surface area contributed by atoms with Crippen LogP contribution < -0.4 is 0 Å². The molecule has 0 aromatic rings. The van der Waals surface area contributed by atoms with Crippen molar-refractivity contribution in [3.05, 3.63) is 0 Å². The average Bonchev–Trinajstić information content (AvgIpc) is 1.65. The van der Waals surface area contributed by atoms with Crippen molar-refractivity contribution < 1.29 is 8.42 Å². The second-order valence-electron chi connectivity index (χ2n) is 1.29. The molecule has 48 valence electrons. The van der Waals surface area contributed by atoms with Crippen LogP contribution in [0, 0.1) is 24.9 Å². The van der Waals surface area contributed by atoms with Crippen LogP contribution in [0.25, 0.3) is 0 Å². The predicted molar refractivity (Wildman–Crippen MR) is 34.3 cm³/mol. The largest absolute Gasteiger partial charge is 0.250 e. The van der Waals surface area contributed by atoms with Crippen molar-refractivity contribution in [2.75, 3.05) is 6.26 Å². The van der Waals surface area contributed by atoms with Gasteiger partial charge in [0.25, 0.3) is 0 Å². The van der Waals surface area contributed by atoms with Gasteiger partial charge in [0.2, 0.25) is 10.0 Å². The molecule has 0 rings (SSSR count). The molecule has 0 atom stereocenters. The van der Waals surface area contributed by atoms with Gasteiger partial charge >= 0.3 is 0 Å². The molecule has 0 saturated carbocycles. The van der Waals surface area contributed by atoms with Crippen LogP contribution >= 0.6 is 0 Å². The van der Waals surface area contributed by atoms with E-state index in [0.717, 1.165) is 6.26 Å². The third-order valence-corrected chi connectivity index (χ3v) is 1.44.